The number of amides is 2. The third kappa shape index (κ3) is 2.99. The van der Waals surface area contributed by atoms with E-state index in [0.29, 0.717) is 0 Å². The molecule has 114 valence electrons. The van der Waals surface area contributed by atoms with Crippen molar-refractivity contribution in [1.29, 1.82) is 0 Å². The zero-order valence-electron chi connectivity index (χ0n) is 12.4. The van der Waals surface area contributed by atoms with E-state index in [-0.39, 0.29) is 35.7 Å². The third-order valence-corrected chi connectivity index (χ3v) is 3.74. The SMILES string of the molecule is CC(C)[C@H]1O/C(=C2\C(=O)N[C@H](CC(N)=O)C2=O)C=C[C@H]1C. The molecule has 0 aromatic heterocycles. The Bertz CT molecular complexity index is 548. The van der Waals surface area contributed by atoms with Crippen LogP contribution in [0.4, 0.5) is 0 Å². The van der Waals surface area contributed by atoms with E-state index in [4.69, 9.17) is 10.5 Å². The Morgan fingerprint density at radius 2 is 2.10 bits per heavy atom. The largest absolute Gasteiger partial charge is 0.489 e. The van der Waals surface area contributed by atoms with Gasteiger partial charge in [-0.2, -0.15) is 0 Å². The zero-order chi connectivity index (χ0) is 15.7. The van der Waals surface area contributed by atoms with Gasteiger partial charge in [0.05, 0.1) is 6.42 Å². The molecule has 0 bridgehead atoms. The number of rotatable bonds is 3. The molecule has 0 radical (unpaired) electrons. The van der Waals surface area contributed by atoms with Crippen LogP contribution in [0.1, 0.15) is 27.2 Å². The molecule has 2 amide bonds. The molecule has 6 nitrogen and oxygen atoms in total. The first-order valence-corrected chi connectivity index (χ1v) is 7.03. The molecule has 2 aliphatic heterocycles. The van der Waals surface area contributed by atoms with E-state index in [0.717, 1.165) is 0 Å². The minimum atomic E-state index is -0.883. The van der Waals surface area contributed by atoms with Gasteiger partial charge in [-0.25, -0.2) is 0 Å². The molecular weight excluding hydrogens is 272 g/mol. The number of ketones is 1. The summed E-state index contributed by atoms with van der Waals surface area (Å²) in [6.45, 7) is 6.07. The molecule has 6 heteroatoms. The highest BCUT2D eigenvalue weighted by Gasteiger charge is 2.40. The number of ether oxygens (including phenoxy) is 1. The summed E-state index contributed by atoms with van der Waals surface area (Å²) in [7, 11) is 0. The lowest BCUT2D eigenvalue weighted by Crippen LogP contribution is -2.33. The van der Waals surface area contributed by atoms with Crippen molar-refractivity contribution in [3.8, 4) is 0 Å². The fourth-order valence-corrected chi connectivity index (χ4v) is 2.69. The second-order valence-electron chi connectivity index (χ2n) is 5.84. The molecule has 3 N–H and O–H groups in total. The first-order valence-electron chi connectivity index (χ1n) is 7.03. The van der Waals surface area contributed by atoms with Crippen LogP contribution in [0.5, 0.6) is 0 Å². The van der Waals surface area contributed by atoms with Crippen molar-refractivity contribution >= 4 is 17.6 Å². The standard InChI is InChI=1S/C15H20N2O4/c1-7(2)14-8(3)4-5-10(21-14)12-13(19)9(6-11(16)18)17-15(12)20/h4-5,7-9,14H,6H2,1-3H3,(H2,16,18)(H,17,20)/b12-10-/t8-,9-,14-/m1/s1. The molecule has 2 heterocycles. The van der Waals surface area contributed by atoms with Gasteiger partial charge in [0.2, 0.25) is 5.91 Å². The Kier molecular flexibility index (Phi) is 4.16. The van der Waals surface area contributed by atoms with Crippen LogP contribution in [0.2, 0.25) is 0 Å². The number of carbonyl (C=O) groups is 3. The van der Waals surface area contributed by atoms with E-state index in [1.807, 2.05) is 26.8 Å². The van der Waals surface area contributed by atoms with Crippen molar-refractivity contribution in [3.63, 3.8) is 0 Å². The van der Waals surface area contributed by atoms with Crippen LogP contribution < -0.4 is 11.1 Å². The molecule has 0 unspecified atom stereocenters. The summed E-state index contributed by atoms with van der Waals surface area (Å²) in [4.78, 5) is 35.2. The van der Waals surface area contributed by atoms with Crippen LogP contribution in [0.3, 0.4) is 0 Å². The minimum absolute atomic E-state index is 0.0185. The molecule has 1 fully saturated rings. The summed E-state index contributed by atoms with van der Waals surface area (Å²) in [6.07, 6.45) is 3.30. The highest BCUT2D eigenvalue weighted by atomic mass is 16.5. The Hall–Kier alpha value is -2.11. The van der Waals surface area contributed by atoms with Gasteiger partial charge >= 0.3 is 0 Å². The van der Waals surface area contributed by atoms with Crippen LogP contribution >= 0.6 is 0 Å². The maximum absolute atomic E-state index is 12.2. The van der Waals surface area contributed by atoms with Crippen molar-refractivity contribution in [2.75, 3.05) is 0 Å². The molecule has 0 aromatic rings. The van der Waals surface area contributed by atoms with E-state index in [1.165, 1.54) is 0 Å². The summed E-state index contributed by atoms with van der Waals surface area (Å²) in [5.41, 5.74) is 5.06. The second-order valence-corrected chi connectivity index (χ2v) is 5.84. The third-order valence-electron chi connectivity index (χ3n) is 3.74. The number of hydrogen-bond donors (Lipinski definition) is 2. The van der Waals surface area contributed by atoms with E-state index in [9.17, 15) is 14.4 Å². The number of carbonyl (C=O) groups excluding carboxylic acids is 3. The summed E-state index contributed by atoms with van der Waals surface area (Å²) in [6, 6.07) is -0.883. The molecule has 3 atom stereocenters. The summed E-state index contributed by atoms with van der Waals surface area (Å²) in [5, 5.41) is 2.48. The highest BCUT2D eigenvalue weighted by Crippen LogP contribution is 2.29. The predicted molar refractivity (Wildman–Crippen MR) is 75.8 cm³/mol. The van der Waals surface area contributed by atoms with Gasteiger partial charge in [-0.05, 0) is 12.0 Å². The normalized spacial score (nSPS) is 32.3. The quantitative estimate of drug-likeness (QED) is 0.582. The first kappa shape index (κ1) is 15.3. The number of primary amides is 1. The Labute approximate surface area is 123 Å². The lowest BCUT2D eigenvalue weighted by Gasteiger charge is -2.30. The van der Waals surface area contributed by atoms with Crippen LogP contribution in [0.15, 0.2) is 23.5 Å². The molecule has 0 spiro atoms. The van der Waals surface area contributed by atoms with Gasteiger partial charge in [0.25, 0.3) is 5.91 Å². The number of allylic oxidation sites excluding steroid dienone is 1. The fourth-order valence-electron chi connectivity index (χ4n) is 2.69. The van der Waals surface area contributed by atoms with Crippen LogP contribution in [0, 0.1) is 11.8 Å². The molecule has 1 saturated heterocycles. The maximum atomic E-state index is 12.2. The van der Waals surface area contributed by atoms with E-state index in [1.54, 1.807) is 6.08 Å². The lowest BCUT2D eigenvalue weighted by atomic mass is 9.91. The van der Waals surface area contributed by atoms with E-state index < -0.39 is 23.6 Å². The summed E-state index contributed by atoms with van der Waals surface area (Å²) in [5.74, 6) is -0.842. The zero-order valence-corrected chi connectivity index (χ0v) is 12.4. The van der Waals surface area contributed by atoms with Crippen molar-refractivity contribution in [2.24, 2.45) is 17.6 Å². The Morgan fingerprint density at radius 3 is 2.67 bits per heavy atom. The smallest absolute Gasteiger partial charge is 0.259 e. The maximum Gasteiger partial charge on any atom is 0.259 e. The van der Waals surface area contributed by atoms with Crippen molar-refractivity contribution < 1.29 is 19.1 Å². The van der Waals surface area contributed by atoms with E-state index >= 15 is 0 Å². The Balaban J connectivity index is 2.31. The van der Waals surface area contributed by atoms with E-state index in [2.05, 4.69) is 5.32 Å². The molecule has 0 aliphatic carbocycles. The van der Waals surface area contributed by atoms with Gasteiger partial charge in [0, 0.05) is 5.92 Å². The molecular formula is C15H20N2O4. The van der Waals surface area contributed by atoms with Crippen LogP contribution in [-0.4, -0.2) is 29.7 Å². The topological polar surface area (TPSA) is 98.5 Å². The molecule has 21 heavy (non-hydrogen) atoms. The number of nitrogens with two attached hydrogens (primary N) is 1. The average Bonchev–Trinajstić information content (AvgIpc) is 2.64. The molecule has 0 aromatic carbocycles. The van der Waals surface area contributed by atoms with Gasteiger partial charge < -0.3 is 15.8 Å². The van der Waals surface area contributed by atoms with Gasteiger partial charge in [0.15, 0.2) is 5.78 Å². The van der Waals surface area contributed by atoms with Gasteiger partial charge in [-0.1, -0.05) is 26.8 Å². The molecule has 2 rings (SSSR count). The molecule has 0 saturated carbocycles. The van der Waals surface area contributed by atoms with Crippen molar-refractivity contribution in [1.82, 2.24) is 5.32 Å². The van der Waals surface area contributed by atoms with Crippen molar-refractivity contribution in [2.45, 2.75) is 39.3 Å². The van der Waals surface area contributed by atoms with Crippen molar-refractivity contribution in [3.05, 3.63) is 23.5 Å². The number of Topliss-reactive ketones (excluding diaryl/α,β-unsaturated/α-hetero) is 1. The highest BCUT2D eigenvalue weighted by molar-refractivity contribution is 6.27. The molecule has 2 aliphatic rings. The lowest BCUT2D eigenvalue weighted by molar-refractivity contribution is -0.122. The van der Waals surface area contributed by atoms with Gasteiger partial charge in [0.1, 0.15) is 23.5 Å². The summed E-state index contributed by atoms with van der Waals surface area (Å²) >= 11 is 0. The Morgan fingerprint density at radius 1 is 1.43 bits per heavy atom. The van der Waals surface area contributed by atoms with Crippen LogP contribution in [-0.2, 0) is 19.1 Å². The minimum Gasteiger partial charge on any atom is -0.489 e. The monoisotopic (exact) mass is 292 g/mol. The summed E-state index contributed by atoms with van der Waals surface area (Å²) < 4.78 is 5.83. The van der Waals surface area contributed by atoms with Gasteiger partial charge in [-0.3, -0.25) is 14.4 Å². The average molecular weight is 292 g/mol. The first-order chi connectivity index (χ1) is 9.81. The predicted octanol–water partition coefficient (Wildman–Crippen LogP) is 0.430. The van der Waals surface area contributed by atoms with Crippen LogP contribution in [0.25, 0.3) is 0 Å². The fraction of sp³-hybridized carbons (Fsp3) is 0.533. The van der Waals surface area contributed by atoms with Gasteiger partial charge in [-0.15, -0.1) is 0 Å². The number of hydrogen-bond acceptors (Lipinski definition) is 4. The second kappa shape index (κ2) is 5.71. The number of nitrogens with one attached hydrogen (secondary N) is 1.